The van der Waals surface area contributed by atoms with Crippen LogP contribution in [0.5, 0.6) is 5.75 Å². The van der Waals surface area contributed by atoms with Crippen LogP contribution in [0.25, 0.3) is 0 Å². The van der Waals surface area contributed by atoms with Gasteiger partial charge in [-0.1, -0.05) is 17.7 Å². The molecular weight excluding hydrogens is 274 g/mol. The van der Waals surface area contributed by atoms with Crippen LogP contribution in [-0.2, 0) is 22.6 Å². The van der Waals surface area contributed by atoms with Crippen molar-refractivity contribution in [3.63, 3.8) is 0 Å². The Bertz CT molecular complexity index is 563. The van der Waals surface area contributed by atoms with Crippen molar-refractivity contribution in [3.05, 3.63) is 45.9 Å². The summed E-state index contributed by atoms with van der Waals surface area (Å²) in [6.45, 7) is 2.49. The Morgan fingerprint density at radius 1 is 1.30 bits per heavy atom. The highest BCUT2D eigenvalue weighted by molar-refractivity contribution is 7.09. The lowest BCUT2D eigenvalue weighted by Gasteiger charge is -2.03. The molecule has 0 aliphatic rings. The highest BCUT2D eigenvalue weighted by atomic mass is 32.1. The standard InChI is InChI=1S/C15H17NO3S/c1-11-3-6-13(7-4-11)19-9-14-16-12(10-20-14)5-8-15(17)18-2/h3-4,6-7,10H,5,8-9H2,1-2H3. The molecule has 0 fully saturated rings. The van der Waals surface area contributed by atoms with Crippen LogP contribution in [0.3, 0.4) is 0 Å². The van der Waals surface area contributed by atoms with Gasteiger partial charge in [-0.25, -0.2) is 4.98 Å². The molecule has 0 atom stereocenters. The molecule has 20 heavy (non-hydrogen) atoms. The van der Waals surface area contributed by atoms with Gasteiger partial charge in [0, 0.05) is 11.8 Å². The third kappa shape index (κ3) is 4.35. The van der Waals surface area contributed by atoms with Crippen LogP contribution in [-0.4, -0.2) is 18.1 Å². The Morgan fingerprint density at radius 2 is 2.05 bits per heavy atom. The van der Waals surface area contributed by atoms with Crippen molar-refractivity contribution in [3.8, 4) is 5.75 Å². The molecule has 0 saturated heterocycles. The number of carbonyl (C=O) groups excluding carboxylic acids is 1. The van der Waals surface area contributed by atoms with Crippen molar-refractivity contribution in [2.75, 3.05) is 7.11 Å². The van der Waals surface area contributed by atoms with Gasteiger partial charge in [-0.2, -0.15) is 0 Å². The Kier molecular flexibility index (Phi) is 5.12. The first-order chi connectivity index (χ1) is 9.67. The van der Waals surface area contributed by atoms with Crippen molar-refractivity contribution in [1.82, 2.24) is 4.98 Å². The molecule has 1 heterocycles. The summed E-state index contributed by atoms with van der Waals surface area (Å²) in [7, 11) is 1.39. The first kappa shape index (κ1) is 14.5. The fourth-order valence-electron chi connectivity index (χ4n) is 1.64. The van der Waals surface area contributed by atoms with Gasteiger partial charge in [0.1, 0.15) is 17.4 Å². The average Bonchev–Trinajstić information content (AvgIpc) is 2.92. The topological polar surface area (TPSA) is 48.4 Å². The lowest BCUT2D eigenvalue weighted by atomic mass is 10.2. The molecule has 4 nitrogen and oxygen atoms in total. The van der Waals surface area contributed by atoms with Gasteiger partial charge in [0.05, 0.1) is 19.2 Å². The van der Waals surface area contributed by atoms with Crippen LogP contribution in [0.4, 0.5) is 0 Å². The summed E-state index contributed by atoms with van der Waals surface area (Å²) in [5.41, 5.74) is 2.11. The van der Waals surface area contributed by atoms with Crippen LogP contribution < -0.4 is 4.74 Å². The number of benzene rings is 1. The molecule has 0 spiro atoms. The number of aromatic nitrogens is 1. The average molecular weight is 291 g/mol. The van der Waals surface area contributed by atoms with Crippen molar-refractivity contribution in [2.45, 2.75) is 26.4 Å². The Labute approximate surface area is 122 Å². The third-order valence-electron chi connectivity index (χ3n) is 2.80. The quantitative estimate of drug-likeness (QED) is 0.767. The lowest BCUT2D eigenvalue weighted by molar-refractivity contribution is -0.140. The molecule has 0 saturated carbocycles. The van der Waals surface area contributed by atoms with Crippen LogP contribution >= 0.6 is 11.3 Å². The number of hydrogen-bond acceptors (Lipinski definition) is 5. The summed E-state index contributed by atoms with van der Waals surface area (Å²) in [6, 6.07) is 7.92. The molecule has 0 aliphatic carbocycles. The molecule has 0 amide bonds. The minimum atomic E-state index is -0.213. The van der Waals surface area contributed by atoms with E-state index in [2.05, 4.69) is 9.72 Å². The van der Waals surface area contributed by atoms with E-state index in [0.717, 1.165) is 16.5 Å². The molecule has 1 aromatic heterocycles. The van der Waals surface area contributed by atoms with E-state index in [1.807, 2.05) is 36.6 Å². The van der Waals surface area contributed by atoms with Gasteiger partial charge in [0.15, 0.2) is 0 Å². The number of rotatable bonds is 6. The molecular formula is C15H17NO3S. The summed E-state index contributed by atoms with van der Waals surface area (Å²) in [5.74, 6) is 0.623. The van der Waals surface area contributed by atoms with Gasteiger partial charge in [-0.15, -0.1) is 11.3 Å². The number of aryl methyl sites for hydroxylation is 2. The van der Waals surface area contributed by atoms with Crippen LogP contribution in [0.1, 0.15) is 22.7 Å². The third-order valence-corrected chi connectivity index (χ3v) is 3.67. The number of nitrogens with zero attached hydrogens (tertiary/aromatic N) is 1. The van der Waals surface area contributed by atoms with E-state index in [-0.39, 0.29) is 5.97 Å². The molecule has 0 unspecified atom stereocenters. The summed E-state index contributed by atoms with van der Waals surface area (Å²) in [6.07, 6.45) is 0.964. The van der Waals surface area contributed by atoms with Crippen molar-refractivity contribution in [1.29, 1.82) is 0 Å². The maximum absolute atomic E-state index is 11.1. The van der Waals surface area contributed by atoms with Gasteiger partial charge >= 0.3 is 5.97 Å². The van der Waals surface area contributed by atoms with E-state index in [0.29, 0.717) is 19.4 Å². The minimum Gasteiger partial charge on any atom is -0.486 e. The SMILES string of the molecule is COC(=O)CCc1csc(COc2ccc(C)cc2)n1. The van der Waals surface area contributed by atoms with E-state index in [9.17, 15) is 4.79 Å². The Hall–Kier alpha value is -1.88. The molecule has 0 bridgehead atoms. The maximum atomic E-state index is 11.1. The van der Waals surface area contributed by atoms with E-state index in [1.165, 1.54) is 12.7 Å². The van der Waals surface area contributed by atoms with Gasteiger partial charge < -0.3 is 9.47 Å². The van der Waals surface area contributed by atoms with Crippen LogP contribution in [0.2, 0.25) is 0 Å². The molecule has 2 rings (SSSR count). The van der Waals surface area contributed by atoms with Gasteiger partial charge in [0.2, 0.25) is 0 Å². The number of carbonyl (C=O) groups is 1. The monoisotopic (exact) mass is 291 g/mol. The van der Waals surface area contributed by atoms with Crippen molar-refractivity contribution in [2.24, 2.45) is 0 Å². The number of hydrogen-bond donors (Lipinski definition) is 0. The molecule has 106 valence electrons. The predicted molar refractivity (Wildman–Crippen MR) is 78.0 cm³/mol. The fourth-order valence-corrected chi connectivity index (χ4v) is 2.38. The highest BCUT2D eigenvalue weighted by Gasteiger charge is 2.06. The van der Waals surface area contributed by atoms with Gasteiger partial charge in [-0.05, 0) is 19.1 Å². The zero-order valence-corrected chi connectivity index (χ0v) is 12.4. The fraction of sp³-hybridized carbons (Fsp3) is 0.333. The van der Waals surface area contributed by atoms with E-state index in [1.54, 1.807) is 11.3 Å². The molecule has 0 aliphatic heterocycles. The van der Waals surface area contributed by atoms with Gasteiger partial charge in [-0.3, -0.25) is 4.79 Å². The van der Waals surface area contributed by atoms with E-state index < -0.39 is 0 Å². The summed E-state index contributed by atoms with van der Waals surface area (Å²) in [4.78, 5) is 15.5. The zero-order valence-electron chi connectivity index (χ0n) is 11.6. The first-order valence-electron chi connectivity index (χ1n) is 6.37. The number of esters is 1. The predicted octanol–water partition coefficient (Wildman–Crippen LogP) is 3.14. The minimum absolute atomic E-state index is 0.213. The van der Waals surface area contributed by atoms with Crippen LogP contribution in [0.15, 0.2) is 29.6 Å². The Morgan fingerprint density at radius 3 is 2.75 bits per heavy atom. The smallest absolute Gasteiger partial charge is 0.305 e. The summed E-state index contributed by atoms with van der Waals surface area (Å²) >= 11 is 1.54. The number of thiazole rings is 1. The van der Waals surface area contributed by atoms with Crippen molar-refractivity contribution < 1.29 is 14.3 Å². The second-order valence-electron chi connectivity index (χ2n) is 4.41. The maximum Gasteiger partial charge on any atom is 0.305 e. The van der Waals surface area contributed by atoms with E-state index in [4.69, 9.17) is 4.74 Å². The lowest BCUT2D eigenvalue weighted by Crippen LogP contribution is -2.02. The van der Waals surface area contributed by atoms with Gasteiger partial charge in [0.25, 0.3) is 0 Å². The first-order valence-corrected chi connectivity index (χ1v) is 7.25. The highest BCUT2D eigenvalue weighted by Crippen LogP contribution is 2.16. The molecule has 0 radical (unpaired) electrons. The van der Waals surface area contributed by atoms with E-state index >= 15 is 0 Å². The number of ether oxygens (including phenoxy) is 2. The molecule has 0 N–H and O–H groups in total. The molecule has 2 aromatic rings. The van der Waals surface area contributed by atoms with Crippen LogP contribution in [0, 0.1) is 6.92 Å². The summed E-state index contributed by atoms with van der Waals surface area (Å²) in [5, 5.41) is 2.86. The molecule has 5 heteroatoms. The molecule has 1 aromatic carbocycles. The summed E-state index contributed by atoms with van der Waals surface area (Å²) < 4.78 is 10.3. The Balaban J connectivity index is 1.83. The normalized spacial score (nSPS) is 10.3. The second-order valence-corrected chi connectivity index (χ2v) is 5.35. The largest absolute Gasteiger partial charge is 0.486 e. The van der Waals surface area contributed by atoms with Crippen molar-refractivity contribution >= 4 is 17.3 Å². The second kappa shape index (κ2) is 7.05. The zero-order chi connectivity index (χ0) is 14.4. The number of methoxy groups -OCH3 is 1.